The molecule has 1 heterocycles. The van der Waals surface area contributed by atoms with Crippen LogP contribution in [0.3, 0.4) is 0 Å². The Balaban J connectivity index is 1.56. The van der Waals surface area contributed by atoms with Crippen molar-refractivity contribution in [3.05, 3.63) is 79.5 Å². The number of halogens is 3. The van der Waals surface area contributed by atoms with Gasteiger partial charge in [-0.1, -0.05) is 34.8 Å². The summed E-state index contributed by atoms with van der Waals surface area (Å²) >= 11 is 17.8. The molecule has 0 radical (unpaired) electrons. The van der Waals surface area contributed by atoms with E-state index in [4.69, 9.17) is 44.0 Å². The van der Waals surface area contributed by atoms with Crippen molar-refractivity contribution < 1.29 is 18.9 Å². The molecule has 1 N–H and O–H groups in total. The highest BCUT2D eigenvalue weighted by Gasteiger charge is 2.13. The van der Waals surface area contributed by atoms with Crippen LogP contribution < -0.4 is 10.2 Å². The van der Waals surface area contributed by atoms with Gasteiger partial charge in [-0.15, -0.1) is 0 Å². The number of ether oxygens (including phenoxy) is 1. The van der Waals surface area contributed by atoms with Gasteiger partial charge in [0.2, 0.25) is 0 Å². The zero-order chi connectivity index (χ0) is 21.7. The van der Waals surface area contributed by atoms with E-state index in [-0.39, 0.29) is 22.3 Å². The van der Waals surface area contributed by atoms with E-state index >= 15 is 0 Å². The zero-order valence-electron chi connectivity index (χ0n) is 15.0. The fourth-order valence-corrected chi connectivity index (χ4v) is 3.05. The maximum Gasteiger partial charge on any atom is 0.277 e. The van der Waals surface area contributed by atoms with Crippen LogP contribution in [0.25, 0.3) is 11.3 Å². The van der Waals surface area contributed by atoms with Gasteiger partial charge >= 0.3 is 0 Å². The minimum absolute atomic E-state index is 0.123. The molecular formula is C19H12Cl3N3O5. The van der Waals surface area contributed by atoms with Gasteiger partial charge in [0.25, 0.3) is 11.6 Å². The fraction of sp³-hybridized carbons (Fsp3) is 0.0526. The van der Waals surface area contributed by atoms with E-state index in [0.717, 1.165) is 0 Å². The number of hydrazone groups is 1. The van der Waals surface area contributed by atoms with Crippen LogP contribution in [0.2, 0.25) is 15.1 Å². The lowest BCUT2D eigenvalue weighted by Gasteiger charge is -2.06. The minimum Gasteiger partial charge on any atom is -0.482 e. The SMILES string of the molecule is O=C(COc1ccc(Cl)cc1Cl)N/N=C\c1ccc(-c2ccc([N+](=O)[O-])cc2Cl)o1. The van der Waals surface area contributed by atoms with E-state index in [9.17, 15) is 14.9 Å². The summed E-state index contributed by atoms with van der Waals surface area (Å²) in [6.07, 6.45) is 1.29. The Kier molecular flexibility index (Phi) is 6.94. The largest absolute Gasteiger partial charge is 0.482 e. The third-order valence-electron chi connectivity index (χ3n) is 3.69. The first-order chi connectivity index (χ1) is 14.3. The summed E-state index contributed by atoms with van der Waals surface area (Å²) in [6.45, 7) is -0.305. The summed E-state index contributed by atoms with van der Waals surface area (Å²) in [5.41, 5.74) is 2.65. The summed E-state index contributed by atoms with van der Waals surface area (Å²) in [6, 6.07) is 11.9. The Hall–Kier alpha value is -3.07. The highest BCUT2D eigenvalue weighted by molar-refractivity contribution is 6.35. The van der Waals surface area contributed by atoms with E-state index in [1.54, 1.807) is 24.3 Å². The standard InChI is InChI=1S/C19H12Cl3N3O5/c20-11-1-5-18(16(22)7-11)29-10-19(26)24-23-9-13-3-6-17(30-13)14-4-2-12(25(27)28)8-15(14)21/h1-9H,10H2,(H,24,26)/b23-9-. The predicted octanol–water partition coefficient (Wildman–Crippen LogP) is 5.34. The molecule has 154 valence electrons. The van der Waals surface area contributed by atoms with Gasteiger partial charge in [-0.3, -0.25) is 14.9 Å². The van der Waals surface area contributed by atoms with Crippen LogP contribution in [0.4, 0.5) is 5.69 Å². The topological polar surface area (TPSA) is 107 Å². The number of carbonyl (C=O) groups is 1. The minimum atomic E-state index is -0.539. The van der Waals surface area contributed by atoms with Crippen molar-refractivity contribution in [1.82, 2.24) is 5.43 Å². The number of rotatable bonds is 7. The molecule has 0 spiro atoms. The van der Waals surface area contributed by atoms with Gasteiger partial charge in [0.15, 0.2) is 6.61 Å². The second-order valence-corrected chi connectivity index (χ2v) is 7.03. The van der Waals surface area contributed by atoms with Gasteiger partial charge in [-0.2, -0.15) is 5.10 Å². The molecule has 0 aliphatic rings. The van der Waals surface area contributed by atoms with Gasteiger partial charge in [0.1, 0.15) is 17.3 Å². The Labute approximate surface area is 185 Å². The molecule has 0 aliphatic carbocycles. The van der Waals surface area contributed by atoms with Crippen LogP contribution in [-0.2, 0) is 4.79 Å². The van der Waals surface area contributed by atoms with Crippen molar-refractivity contribution in [1.29, 1.82) is 0 Å². The van der Waals surface area contributed by atoms with Crippen molar-refractivity contribution in [2.24, 2.45) is 5.10 Å². The maximum absolute atomic E-state index is 11.8. The number of amides is 1. The van der Waals surface area contributed by atoms with Gasteiger partial charge in [-0.05, 0) is 36.4 Å². The molecule has 8 nitrogen and oxygen atoms in total. The predicted molar refractivity (Wildman–Crippen MR) is 114 cm³/mol. The molecule has 0 aliphatic heterocycles. The number of hydrogen-bond donors (Lipinski definition) is 1. The van der Waals surface area contributed by atoms with Gasteiger partial charge in [0.05, 0.1) is 21.2 Å². The van der Waals surface area contributed by atoms with Crippen molar-refractivity contribution in [2.45, 2.75) is 0 Å². The Morgan fingerprint density at radius 1 is 1.13 bits per heavy atom. The smallest absolute Gasteiger partial charge is 0.277 e. The number of nitrogens with zero attached hydrogens (tertiary/aromatic N) is 2. The van der Waals surface area contributed by atoms with E-state index in [0.29, 0.717) is 27.9 Å². The summed E-state index contributed by atoms with van der Waals surface area (Å²) in [4.78, 5) is 22.1. The molecule has 30 heavy (non-hydrogen) atoms. The van der Waals surface area contributed by atoms with Crippen LogP contribution in [0.5, 0.6) is 5.75 Å². The fourth-order valence-electron chi connectivity index (χ4n) is 2.32. The molecule has 0 bridgehead atoms. The highest BCUT2D eigenvalue weighted by atomic mass is 35.5. The lowest BCUT2D eigenvalue weighted by atomic mass is 10.1. The first-order valence-corrected chi connectivity index (χ1v) is 9.41. The number of nitrogens with one attached hydrogen (secondary N) is 1. The molecule has 0 fully saturated rings. The first-order valence-electron chi connectivity index (χ1n) is 8.27. The van der Waals surface area contributed by atoms with Crippen LogP contribution in [0.1, 0.15) is 5.76 Å². The van der Waals surface area contributed by atoms with Crippen LogP contribution >= 0.6 is 34.8 Å². The molecule has 0 unspecified atom stereocenters. The zero-order valence-corrected chi connectivity index (χ0v) is 17.2. The van der Waals surface area contributed by atoms with Crippen LogP contribution in [-0.4, -0.2) is 23.7 Å². The number of furan rings is 1. The average Bonchev–Trinajstić information content (AvgIpc) is 3.15. The molecular weight excluding hydrogens is 457 g/mol. The molecule has 11 heteroatoms. The lowest BCUT2D eigenvalue weighted by molar-refractivity contribution is -0.384. The molecule has 0 saturated carbocycles. The van der Waals surface area contributed by atoms with Crippen molar-refractivity contribution in [3.63, 3.8) is 0 Å². The second-order valence-electron chi connectivity index (χ2n) is 5.78. The number of hydrogen-bond acceptors (Lipinski definition) is 6. The van der Waals surface area contributed by atoms with Crippen LogP contribution in [0.15, 0.2) is 58.0 Å². The first kappa shape index (κ1) is 21.6. The molecule has 2 aromatic carbocycles. The number of benzene rings is 2. The Morgan fingerprint density at radius 2 is 1.93 bits per heavy atom. The van der Waals surface area contributed by atoms with Crippen molar-refractivity contribution in [3.8, 4) is 17.1 Å². The third-order valence-corrected chi connectivity index (χ3v) is 4.53. The number of non-ortho nitro benzene ring substituents is 1. The maximum atomic E-state index is 11.8. The summed E-state index contributed by atoms with van der Waals surface area (Å²) < 4.78 is 10.9. The van der Waals surface area contributed by atoms with E-state index in [1.165, 1.54) is 30.5 Å². The van der Waals surface area contributed by atoms with Gasteiger partial charge in [0, 0.05) is 22.7 Å². The second kappa shape index (κ2) is 9.62. The third kappa shape index (κ3) is 5.50. The number of nitro groups is 1. The Bertz CT molecular complexity index is 1130. The molecule has 3 rings (SSSR count). The van der Waals surface area contributed by atoms with Gasteiger partial charge in [-0.25, -0.2) is 5.43 Å². The molecule has 0 atom stereocenters. The Morgan fingerprint density at radius 3 is 2.63 bits per heavy atom. The number of carbonyl (C=O) groups excluding carboxylic acids is 1. The van der Waals surface area contributed by atoms with E-state index in [1.807, 2.05) is 0 Å². The number of nitro benzene ring substituents is 1. The van der Waals surface area contributed by atoms with Gasteiger partial charge < -0.3 is 9.15 Å². The summed E-state index contributed by atoms with van der Waals surface area (Å²) in [5.74, 6) is 0.531. The molecule has 3 aromatic rings. The summed E-state index contributed by atoms with van der Waals surface area (Å²) in [5, 5.41) is 15.5. The van der Waals surface area contributed by atoms with Crippen molar-refractivity contribution >= 4 is 52.6 Å². The highest BCUT2D eigenvalue weighted by Crippen LogP contribution is 2.32. The van der Waals surface area contributed by atoms with Crippen LogP contribution in [0, 0.1) is 10.1 Å². The van der Waals surface area contributed by atoms with E-state index in [2.05, 4.69) is 10.5 Å². The molecule has 1 amide bonds. The molecule has 1 aromatic heterocycles. The van der Waals surface area contributed by atoms with Crippen molar-refractivity contribution in [2.75, 3.05) is 6.61 Å². The quantitative estimate of drug-likeness (QED) is 0.286. The van der Waals surface area contributed by atoms with E-state index < -0.39 is 10.8 Å². The normalized spacial score (nSPS) is 10.9. The monoisotopic (exact) mass is 467 g/mol. The lowest BCUT2D eigenvalue weighted by Crippen LogP contribution is -2.24. The average molecular weight is 469 g/mol. The molecule has 0 saturated heterocycles. The summed E-state index contributed by atoms with van der Waals surface area (Å²) in [7, 11) is 0.